The number of ether oxygens (including phenoxy) is 1. The van der Waals surface area contributed by atoms with Crippen LogP contribution in [-0.4, -0.2) is 19.0 Å². The third-order valence-corrected chi connectivity index (χ3v) is 8.43. The van der Waals surface area contributed by atoms with Crippen LogP contribution >= 0.6 is 0 Å². The number of carbonyl (C=O) groups excluding carboxylic acids is 2. The number of methoxy groups -OCH3 is 1. The Bertz CT molecular complexity index is 1260. The van der Waals surface area contributed by atoms with Gasteiger partial charge in [0, 0.05) is 0 Å². The average Bonchev–Trinajstić information content (AvgIpc) is 2.81. The zero-order valence-corrected chi connectivity index (χ0v) is 18.9. The minimum absolute atomic E-state index is 0.0826. The molecule has 0 spiro atoms. The maximum absolute atomic E-state index is 12.8. The van der Waals surface area contributed by atoms with E-state index in [9.17, 15) is 9.59 Å². The van der Waals surface area contributed by atoms with Gasteiger partial charge in [-0.15, -0.1) is 0 Å². The molecular weight excluding hydrogens is 410 g/mol. The van der Waals surface area contributed by atoms with Crippen LogP contribution in [0.1, 0.15) is 64.8 Å². The van der Waals surface area contributed by atoms with Gasteiger partial charge in [-0.05, 0) is 113 Å². The van der Waals surface area contributed by atoms with E-state index in [0.717, 1.165) is 45.2 Å². The van der Waals surface area contributed by atoms with Crippen molar-refractivity contribution in [2.24, 2.45) is 23.5 Å². The van der Waals surface area contributed by atoms with E-state index < -0.39 is 5.91 Å². The molecule has 4 nitrogen and oxygen atoms in total. The number of carbonyl (C=O) groups is 2. The Morgan fingerprint density at radius 2 is 1.58 bits per heavy atom. The molecule has 3 aromatic rings. The van der Waals surface area contributed by atoms with Crippen LogP contribution in [0, 0.1) is 23.8 Å². The molecule has 33 heavy (non-hydrogen) atoms. The summed E-state index contributed by atoms with van der Waals surface area (Å²) in [6.07, 6.45) is 7.62. The molecule has 3 aromatic carbocycles. The van der Waals surface area contributed by atoms with E-state index in [0.29, 0.717) is 5.56 Å². The molecule has 4 heteroatoms. The van der Waals surface area contributed by atoms with Crippen LogP contribution in [0.5, 0.6) is 0 Å². The van der Waals surface area contributed by atoms with E-state index in [1.54, 1.807) is 6.07 Å². The van der Waals surface area contributed by atoms with Crippen molar-refractivity contribution in [3.05, 3.63) is 71.3 Å². The van der Waals surface area contributed by atoms with Crippen molar-refractivity contribution < 1.29 is 14.3 Å². The van der Waals surface area contributed by atoms with Crippen molar-refractivity contribution >= 4 is 22.6 Å². The summed E-state index contributed by atoms with van der Waals surface area (Å²) in [5.41, 5.74) is 10.1. The molecule has 0 heterocycles. The van der Waals surface area contributed by atoms with Crippen molar-refractivity contribution in [3.63, 3.8) is 0 Å². The molecule has 0 atom stereocenters. The van der Waals surface area contributed by atoms with Crippen molar-refractivity contribution in [3.8, 4) is 11.1 Å². The molecule has 0 unspecified atom stereocenters. The Morgan fingerprint density at radius 1 is 0.939 bits per heavy atom. The molecule has 1 radical (unpaired) electrons. The molecule has 2 N–H and O–H groups in total. The maximum atomic E-state index is 12.8. The van der Waals surface area contributed by atoms with Gasteiger partial charge < -0.3 is 10.5 Å². The largest absolute Gasteiger partial charge is 0.465 e. The van der Waals surface area contributed by atoms with Crippen LogP contribution in [-0.2, 0) is 10.2 Å². The fourth-order valence-corrected chi connectivity index (χ4v) is 7.50. The van der Waals surface area contributed by atoms with E-state index in [1.165, 1.54) is 51.2 Å². The second-order valence-electron chi connectivity index (χ2n) is 10.5. The number of rotatable bonds is 4. The van der Waals surface area contributed by atoms with Crippen LogP contribution in [0.25, 0.3) is 21.9 Å². The molecule has 0 aromatic heterocycles. The smallest absolute Gasteiger partial charge is 0.338 e. The van der Waals surface area contributed by atoms with Crippen molar-refractivity contribution in [2.45, 2.75) is 43.9 Å². The van der Waals surface area contributed by atoms with Gasteiger partial charge in [0.2, 0.25) is 5.91 Å². The maximum Gasteiger partial charge on any atom is 0.338 e. The first-order valence-electron chi connectivity index (χ1n) is 11.9. The molecular formula is C29H28NO3. The lowest BCUT2D eigenvalue weighted by Gasteiger charge is -2.57. The summed E-state index contributed by atoms with van der Waals surface area (Å²) < 4.78 is 5.19. The molecule has 0 aliphatic heterocycles. The predicted octanol–water partition coefficient (Wildman–Crippen LogP) is 5.66. The van der Waals surface area contributed by atoms with Gasteiger partial charge in [0.15, 0.2) is 0 Å². The molecule has 4 aliphatic carbocycles. The number of benzene rings is 3. The summed E-state index contributed by atoms with van der Waals surface area (Å²) in [4.78, 5) is 24.6. The number of hydrogen-bond donors (Lipinski definition) is 1. The molecule has 4 saturated carbocycles. The van der Waals surface area contributed by atoms with Gasteiger partial charge in [-0.2, -0.15) is 0 Å². The quantitative estimate of drug-likeness (QED) is 0.534. The van der Waals surface area contributed by atoms with Gasteiger partial charge in [0.05, 0.1) is 18.2 Å². The molecule has 4 fully saturated rings. The van der Waals surface area contributed by atoms with Gasteiger partial charge in [-0.25, -0.2) is 4.79 Å². The number of primary amides is 1. The topological polar surface area (TPSA) is 69.4 Å². The van der Waals surface area contributed by atoms with Gasteiger partial charge in [0.25, 0.3) is 0 Å². The molecule has 167 valence electrons. The van der Waals surface area contributed by atoms with Crippen LogP contribution in [0.3, 0.4) is 0 Å². The molecule has 7 rings (SSSR count). The normalized spacial score (nSPS) is 27.6. The molecule has 4 aliphatic rings. The Kier molecular flexibility index (Phi) is 4.62. The van der Waals surface area contributed by atoms with E-state index in [1.807, 2.05) is 30.3 Å². The van der Waals surface area contributed by atoms with Gasteiger partial charge >= 0.3 is 5.97 Å². The Balaban J connectivity index is 1.48. The van der Waals surface area contributed by atoms with Crippen molar-refractivity contribution in [2.75, 3.05) is 7.11 Å². The minimum atomic E-state index is -0.472. The Morgan fingerprint density at radius 3 is 2.21 bits per heavy atom. The highest BCUT2D eigenvalue weighted by Gasteiger charge is 2.52. The zero-order chi connectivity index (χ0) is 22.7. The van der Waals surface area contributed by atoms with Crippen LogP contribution in [0.4, 0.5) is 0 Å². The number of fused-ring (bicyclic) bond motifs is 1. The monoisotopic (exact) mass is 438 g/mol. The predicted molar refractivity (Wildman–Crippen MR) is 128 cm³/mol. The lowest BCUT2D eigenvalue weighted by molar-refractivity contribution is -0.00591. The van der Waals surface area contributed by atoms with E-state index in [-0.39, 0.29) is 11.4 Å². The fraction of sp³-hybridized carbons (Fsp3) is 0.379. The number of hydrogen-bond acceptors (Lipinski definition) is 3. The van der Waals surface area contributed by atoms with E-state index >= 15 is 0 Å². The molecule has 4 bridgehead atoms. The van der Waals surface area contributed by atoms with Gasteiger partial charge in [0.1, 0.15) is 0 Å². The van der Waals surface area contributed by atoms with E-state index in [2.05, 4.69) is 18.2 Å². The Labute approximate surface area is 194 Å². The highest BCUT2D eigenvalue weighted by atomic mass is 16.5. The van der Waals surface area contributed by atoms with Gasteiger partial charge in [-0.3, -0.25) is 4.79 Å². The highest BCUT2D eigenvalue weighted by molar-refractivity contribution is 6.06. The number of nitrogens with two attached hydrogens (primary N) is 1. The van der Waals surface area contributed by atoms with E-state index in [4.69, 9.17) is 10.5 Å². The summed E-state index contributed by atoms with van der Waals surface area (Å²) in [6.45, 7) is 0. The second kappa shape index (κ2) is 7.44. The summed E-state index contributed by atoms with van der Waals surface area (Å²) in [6, 6.07) is 18.9. The van der Waals surface area contributed by atoms with Crippen LogP contribution in [0.2, 0.25) is 0 Å². The third kappa shape index (κ3) is 3.26. The first-order valence-corrected chi connectivity index (χ1v) is 11.9. The highest BCUT2D eigenvalue weighted by Crippen LogP contribution is 2.61. The Hall–Kier alpha value is -3.14. The summed E-state index contributed by atoms with van der Waals surface area (Å²) in [5.74, 6) is 1.64. The summed E-state index contributed by atoms with van der Waals surface area (Å²) in [7, 11) is 1.47. The standard InChI is InChI=1S/C29H28NO3/c1-33-28(32)25-8-6-21(20-5-7-23-22(12-20)3-2-4-24(23)27(30)31)13-26(25)29-14-17-9-18(15-29)11-19(10-17)16-29/h2-3,5-8,12-13,17-19H,9-11,14-16H2,1H3,(H2,30,31). The second-order valence-corrected chi connectivity index (χ2v) is 10.5. The summed E-state index contributed by atoms with van der Waals surface area (Å²) in [5, 5.41) is 1.76. The fourth-order valence-electron chi connectivity index (χ4n) is 7.50. The number of amides is 1. The molecule has 1 amide bonds. The third-order valence-electron chi connectivity index (χ3n) is 8.43. The zero-order valence-electron chi connectivity index (χ0n) is 18.9. The lowest BCUT2D eigenvalue weighted by atomic mass is 9.47. The summed E-state index contributed by atoms with van der Waals surface area (Å²) >= 11 is 0. The average molecular weight is 439 g/mol. The van der Waals surface area contributed by atoms with Gasteiger partial charge in [-0.1, -0.05) is 30.3 Å². The minimum Gasteiger partial charge on any atom is -0.465 e. The lowest BCUT2D eigenvalue weighted by Crippen LogP contribution is -2.49. The first kappa shape index (κ1) is 20.5. The van der Waals surface area contributed by atoms with Crippen molar-refractivity contribution in [1.82, 2.24) is 0 Å². The van der Waals surface area contributed by atoms with Crippen molar-refractivity contribution in [1.29, 1.82) is 0 Å². The molecule has 0 saturated heterocycles. The van der Waals surface area contributed by atoms with Crippen LogP contribution < -0.4 is 5.73 Å². The number of esters is 1. The SMILES string of the molecule is COC(=O)c1ccc(-c2ccc3c(C(N)=O)[c]ccc3c2)cc1C12CC3CC(CC(C3)C1)C2. The first-order chi connectivity index (χ1) is 16.0. The van der Waals surface area contributed by atoms with Crippen LogP contribution in [0.15, 0.2) is 48.5 Å².